The zero-order chi connectivity index (χ0) is 25.7. The third-order valence-corrected chi connectivity index (χ3v) is 9.07. The number of piperidine rings is 1. The van der Waals surface area contributed by atoms with Crippen LogP contribution in [0.25, 0.3) is 0 Å². The van der Waals surface area contributed by atoms with Crippen LogP contribution in [-0.4, -0.2) is 74.9 Å². The lowest BCUT2D eigenvalue weighted by atomic mass is 10.0. The van der Waals surface area contributed by atoms with Crippen LogP contribution in [0.1, 0.15) is 55.1 Å². The Morgan fingerprint density at radius 2 is 1.75 bits per heavy atom. The summed E-state index contributed by atoms with van der Waals surface area (Å²) in [5.74, 6) is -0.146. The van der Waals surface area contributed by atoms with Crippen molar-refractivity contribution in [3.05, 3.63) is 64.7 Å². The first-order chi connectivity index (χ1) is 17.3. The fourth-order valence-corrected chi connectivity index (χ4v) is 7.04. The maximum atomic E-state index is 13.2. The maximum absolute atomic E-state index is 13.2. The molecule has 4 rings (SSSR count). The van der Waals surface area contributed by atoms with Gasteiger partial charge in [0, 0.05) is 36.3 Å². The van der Waals surface area contributed by atoms with E-state index in [2.05, 4.69) is 10.2 Å². The molecule has 9 heteroatoms. The number of likely N-dealkylation sites (tertiary alicyclic amines) is 1. The van der Waals surface area contributed by atoms with Gasteiger partial charge in [-0.1, -0.05) is 48.4 Å². The Balaban J connectivity index is 1.43. The third-order valence-electron chi connectivity index (χ3n) is 6.90. The summed E-state index contributed by atoms with van der Waals surface area (Å²) in [4.78, 5) is 15.6. The van der Waals surface area contributed by atoms with Gasteiger partial charge in [0.05, 0.1) is 23.6 Å². The van der Waals surface area contributed by atoms with E-state index in [9.17, 15) is 13.2 Å². The highest BCUT2D eigenvalue weighted by Gasteiger charge is 2.32. The average molecular weight is 534 g/mol. The second-order valence-corrected chi connectivity index (χ2v) is 12.1. The van der Waals surface area contributed by atoms with Crippen molar-refractivity contribution < 1.29 is 17.9 Å². The number of morpholine rings is 1. The van der Waals surface area contributed by atoms with E-state index in [1.54, 1.807) is 18.2 Å². The largest absolute Gasteiger partial charge is 0.373 e. The van der Waals surface area contributed by atoms with Crippen LogP contribution in [0.4, 0.5) is 0 Å². The number of benzene rings is 2. The van der Waals surface area contributed by atoms with Crippen LogP contribution in [0.3, 0.4) is 0 Å². The van der Waals surface area contributed by atoms with Gasteiger partial charge in [-0.3, -0.25) is 9.69 Å². The number of ether oxygens (including phenoxy) is 1. The number of nitrogens with one attached hydrogen (secondary N) is 1. The molecule has 0 radical (unpaired) electrons. The molecule has 0 spiro atoms. The number of halogens is 1. The molecule has 0 aromatic heterocycles. The summed E-state index contributed by atoms with van der Waals surface area (Å²) in [6, 6.07) is 14.3. The van der Waals surface area contributed by atoms with Gasteiger partial charge in [0.15, 0.2) is 5.78 Å². The van der Waals surface area contributed by atoms with E-state index in [1.165, 1.54) is 16.8 Å². The fourth-order valence-electron chi connectivity index (χ4n) is 5.14. The van der Waals surface area contributed by atoms with Crippen LogP contribution in [0.2, 0.25) is 5.02 Å². The molecular weight excluding hydrogens is 498 g/mol. The highest BCUT2D eigenvalue weighted by Crippen LogP contribution is 2.29. The third kappa shape index (κ3) is 6.54. The molecule has 0 amide bonds. The molecule has 0 saturated carbocycles. The molecule has 7 nitrogen and oxygen atoms in total. The van der Waals surface area contributed by atoms with Crippen molar-refractivity contribution >= 4 is 27.4 Å². The summed E-state index contributed by atoms with van der Waals surface area (Å²) < 4.78 is 33.6. The number of Topliss-reactive ketones (excluding diaryl/α,β-unsaturated/α-hetero) is 1. The molecule has 2 fully saturated rings. The Hall–Kier alpha value is -1.81. The zero-order valence-corrected chi connectivity index (χ0v) is 22.6. The van der Waals surface area contributed by atoms with Crippen LogP contribution >= 0.6 is 11.6 Å². The van der Waals surface area contributed by atoms with Gasteiger partial charge >= 0.3 is 0 Å². The lowest BCUT2D eigenvalue weighted by Gasteiger charge is -2.35. The van der Waals surface area contributed by atoms with E-state index in [-0.39, 0.29) is 35.5 Å². The number of hydrogen-bond donors (Lipinski definition) is 1. The fraction of sp³-hybridized carbons (Fsp3) is 0.519. The first-order valence-corrected chi connectivity index (χ1v) is 14.6. The number of ketones is 1. The minimum absolute atomic E-state index is 0.0730. The Labute approximate surface area is 219 Å². The van der Waals surface area contributed by atoms with Crippen molar-refractivity contribution in [2.24, 2.45) is 0 Å². The van der Waals surface area contributed by atoms with Crippen LogP contribution in [0.15, 0.2) is 53.4 Å². The number of carbonyl (C=O) groups excluding carboxylic acids is 1. The monoisotopic (exact) mass is 533 g/mol. The van der Waals surface area contributed by atoms with E-state index in [0.29, 0.717) is 25.2 Å². The van der Waals surface area contributed by atoms with E-state index in [1.807, 2.05) is 38.1 Å². The molecule has 2 heterocycles. The molecule has 36 heavy (non-hydrogen) atoms. The standard InChI is InChI=1S/C27H36ClN3O4S/c1-20-18-31(19-21(2)35-20)36(33,34)23-10-8-9-22(15-23)27(32)17-29-16-26(30-13-6-3-7-14-30)24-11-4-5-12-25(24)28/h4-5,8-12,15,20-21,26,29H,3,6-7,13-14,16-19H2,1-2H3. The summed E-state index contributed by atoms with van der Waals surface area (Å²) in [5, 5.41) is 4.04. The topological polar surface area (TPSA) is 79.0 Å². The number of carbonyl (C=O) groups is 1. The molecule has 3 atom stereocenters. The predicted octanol–water partition coefficient (Wildman–Crippen LogP) is 4.14. The van der Waals surface area contributed by atoms with E-state index in [0.717, 1.165) is 36.5 Å². The van der Waals surface area contributed by atoms with Gasteiger partial charge in [0.1, 0.15) is 0 Å². The van der Waals surface area contributed by atoms with Crippen molar-refractivity contribution in [1.82, 2.24) is 14.5 Å². The molecule has 2 aromatic rings. The second kappa shape index (κ2) is 12.2. The van der Waals surface area contributed by atoms with E-state index in [4.69, 9.17) is 16.3 Å². The van der Waals surface area contributed by atoms with Crippen molar-refractivity contribution in [2.45, 2.75) is 56.3 Å². The maximum Gasteiger partial charge on any atom is 0.243 e. The van der Waals surface area contributed by atoms with Crippen molar-refractivity contribution in [3.8, 4) is 0 Å². The molecule has 2 saturated heterocycles. The Kier molecular flexibility index (Phi) is 9.19. The van der Waals surface area contributed by atoms with Gasteiger partial charge in [-0.05, 0) is 63.5 Å². The lowest BCUT2D eigenvalue weighted by molar-refractivity contribution is -0.0440. The minimum Gasteiger partial charge on any atom is -0.373 e. The first-order valence-electron chi connectivity index (χ1n) is 12.7. The summed E-state index contributed by atoms with van der Waals surface area (Å²) in [5.41, 5.74) is 1.44. The van der Waals surface area contributed by atoms with E-state index < -0.39 is 10.0 Å². The summed E-state index contributed by atoms with van der Waals surface area (Å²) >= 11 is 6.53. The molecule has 2 aromatic carbocycles. The van der Waals surface area contributed by atoms with Crippen LogP contribution in [0, 0.1) is 0 Å². The molecule has 1 N–H and O–H groups in total. The van der Waals surface area contributed by atoms with Gasteiger partial charge in [-0.25, -0.2) is 8.42 Å². The average Bonchev–Trinajstić information content (AvgIpc) is 2.87. The van der Waals surface area contributed by atoms with Crippen LogP contribution in [-0.2, 0) is 14.8 Å². The first kappa shape index (κ1) is 27.2. The van der Waals surface area contributed by atoms with Gasteiger partial charge in [0.25, 0.3) is 0 Å². The minimum atomic E-state index is -3.71. The molecule has 2 aliphatic heterocycles. The molecule has 0 bridgehead atoms. The normalized spacial score (nSPS) is 22.9. The Bertz CT molecular complexity index is 1140. The number of rotatable bonds is 9. The van der Waals surface area contributed by atoms with Crippen molar-refractivity contribution in [2.75, 3.05) is 39.3 Å². The summed E-state index contributed by atoms with van der Waals surface area (Å²) in [6.07, 6.45) is 3.19. The van der Waals surface area contributed by atoms with Gasteiger partial charge in [0.2, 0.25) is 10.0 Å². The summed E-state index contributed by atoms with van der Waals surface area (Å²) in [6.45, 7) is 7.03. The second-order valence-electron chi connectivity index (χ2n) is 9.80. The number of sulfonamides is 1. The SMILES string of the molecule is CC1CN(S(=O)(=O)c2cccc(C(=O)CNCC(c3ccccc3Cl)N3CCCCC3)c2)CC(C)O1. The molecule has 0 aliphatic carbocycles. The Morgan fingerprint density at radius 3 is 2.44 bits per heavy atom. The molecular formula is C27H36ClN3O4S. The quantitative estimate of drug-likeness (QED) is 0.488. The van der Waals surface area contributed by atoms with E-state index >= 15 is 0 Å². The highest BCUT2D eigenvalue weighted by atomic mass is 35.5. The Morgan fingerprint density at radius 1 is 1.06 bits per heavy atom. The zero-order valence-electron chi connectivity index (χ0n) is 21.0. The number of hydrogen-bond acceptors (Lipinski definition) is 6. The number of nitrogens with zero attached hydrogens (tertiary/aromatic N) is 2. The molecule has 2 aliphatic rings. The van der Waals surface area contributed by atoms with Crippen LogP contribution in [0.5, 0.6) is 0 Å². The van der Waals surface area contributed by atoms with Gasteiger partial charge in [-0.2, -0.15) is 4.31 Å². The molecule has 196 valence electrons. The smallest absolute Gasteiger partial charge is 0.243 e. The van der Waals surface area contributed by atoms with Crippen LogP contribution < -0.4 is 5.32 Å². The van der Waals surface area contributed by atoms with Gasteiger partial charge < -0.3 is 10.1 Å². The predicted molar refractivity (Wildman–Crippen MR) is 142 cm³/mol. The van der Waals surface area contributed by atoms with Crippen molar-refractivity contribution in [1.29, 1.82) is 0 Å². The van der Waals surface area contributed by atoms with Gasteiger partial charge in [-0.15, -0.1) is 0 Å². The lowest BCUT2D eigenvalue weighted by Crippen LogP contribution is -2.48. The van der Waals surface area contributed by atoms with Crippen molar-refractivity contribution in [3.63, 3.8) is 0 Å². The summed E-state index contributed by atoms with van der Waals surface area (Å²) in [7, 11) is -3.71. The molecule has 3 unspecified atom stereocenters. The highest BCUT2D eigenvalue weighted by molar-refractivity contribution is 7.89.